The summed E-state index contributed by atoms with van der Waals surface area (Å²) in [5.74, 6) is 5.61. The second kappa shape index (κ2) is 38.0. The molecule has 570 valence electrons. The summed E-state index contributed by atoms with van der Waals surface area (Å²) in [6.45, 7) is 43.0. The maximum Gasteiger partial charge on any atom is 0.170 e. The lowest BCUT2D eigenvalue weighted by Gasteiger charge is -2.13. The average molecular weight is 1560 g/mol. The van der Waals surface area contributed by atoms with Crippen molar-refractivity contribution in [1.29, 1.82) is 0 Å². The van der Waals surface area contributed by atoms with Gasteiger partial charge in [0.05, 0.1) is 112 Å². The molecule has 2 aromatic carbocycles. The van der Waals surface area contributed by atoms with Gasteiger partial charge in [0.25, 0.3) is 0 Å². The predicted molar refractivity (Wildman–Crippen MR) is 463 cm³/mol. The number of para-hydroxylation sites is 3. The fourth-order valence-electron chi connectivity index (χ4n) is 10.2. The lowest BCUT2D eigenvalue weighted by molar-refractivity contribution is 0.554. The van der Waals surface area contributed by atoms with Gasteiger partial charge in [0, 0.05) is 96.2 Å². The molecule has 16 heterocycles. The Morgan fingerprint density at radius 1 is 0.327 bits per heavy atom. The fraction of sp³-hybridized carbons (Fsp3) is 0.337. The van der Waals surface area contributed by atoms with Crippen LogP contribution in [0.1, 0.15) is 228 Å². The number of nitrogens with zero attached hydrogens (tertiary/aromatic N) is 17. The number of aromatic amines is 2. The molecule has 0 aliphatic carbocycles. The highest BCUT2D eigenvalue weighted by Crippen LogP contribution is 2.31. The molecule has 0 unspecified atom stereocenters. The van der Waals surface area contributed by atoms with Crippen LogP contribution in [-0.2, 0) is 10.8 Å². The Labute approximate surface area is 664 Å². The maximum absolute atomic E-state index is 4.53. The summed E-state index contributed by atoms with van der Waals surface area (Å²) in [6.07, 6.45) is 22.3. The molecule has 18 aromatic rings. The SMILES string of the molecule is CC(C)(C)c1nc2ccccc2[nH]1.CC(C)(C)c1nc2ccncc2[nH]1.CC(C)c1cn2ccccc2n1.CC(C)c1cn2ncccc2n1.CC(C)c1nc2ccccc2s1.CC(C)c1nc2cccnc2s1.CC(C)c1nc2ccncc2s1.CC(C)c1nc2cnccc2s1.CC(C)c1nc2ncccc2s1. The van der Waals surface area contributed by atoms with Gasteiger partial charge in [0.1, 0.15) is 27.6 Å². The van der Waals surface area contributed by atoms with E-state index in [1.807, 2.05) is 128 Å². The highest BCUT2D eigenvalue weighted by atomic mass is 32.1. The summed E-state index contributed by atoms with van der Waals surface area (Å²) >= 11 is 8.70. The molecular formula is C86H101N19S5. The van der Waals surface area contributed by atoms with Gasteiger partial charge in [-0.1, -0.05) is 180 Å². The number of aromatic nitrogens is 19. The zero-order valence-corrected chi connectivity index (χ0v) is 70.7. The van der Waals surface area contributed by atoms with Crippen molar-refractivity contribution >= 4 is 141 Å². The molecule has 0 spiro atoms. The van der Waals surface area contributed by atoms with Gasteiger partial charge in [-0.3, -0.25) is 15.0 Å². The van der Waals surface area contributed by atoms with Crippen molar-refractivity contribution in [3.63, 3.8) is 0 Å². The first-order chi connectivity index (χ1) is 52.5. The number of hydrogen-bond acceptors (Lipinski definition) is 20. The zero-order valence-electron chi connectivity index (χ0n) is 66.7. The summed E-state index contributed by atoms with van der Waals surface area (Å²) < 4.78 is 8.74. The third-order valence-electron chi connectivity index (χ3n) is 16.5. The number of imidazole rings is 4. The van der Waals surface area contributed by atoms with E-state index in [1.54, 1.807) is 92.2 Å². The summed E-state index contributed by atoms with van der Waals surface area (Å²) in [7, 11) is 0. The Morgan fingerprint density at radius 3 is 1.36 bits per heavy atom. The van der Waals surface area contributed by atoms with Crippen LogP contribution >= 0.6 is 56.7 Å². The van der Waals surface area contributed by atoms with E-state index in [2.05, 4.69) is 264 Å². The van der Waals surface area contributed by atoms with Crippen molar-refractivity contribution in [1.82, 2.24) is 93.8 Å². The second-order valence-corrected chi connectivity index (χ2v) is 35.6. The fourth-order valence-corrected chi connectivity index (χ4v) is 14.9. The highest BCUT2D eigenvalue weighted by Gasteiger charge is 2.20. The molecular weight excluding hydrogens is 1460 g/mol. The van der Waals surface area contributed by atoms with Crippen LogP contribution in [-0.4, -0.2) is 93.8 Å². The third-order valence-corrected chi connectivity index (χ3v) is 23.0. The van der Waals surface area contributed by atoms with Gasteiger partial charge in [-0.05, 0) is 103 Å². The Hall–Kier alpha value is -10.1. The molecule has 16 aromatic heterocycles. The van der Waals surface area contributed by atoms with Crippen molar-refractivity contribution < 1.29 is 0 Å². The Kier molecular flexibility index (Phi) is 28.5. The molecule has 0 atom stereocenters. The number of H-pyrrole nitrogens is 2. The van der Waals surface area contributed by atoms with Crippen LogP contribution in [0.5, 0.6) is 0 Å². The number of benzene rings is 2. The molecule has 24 heteroatoms. The van der Waals surface area contributed by atoms with Crippen LogP contribution in [0.2, 0.25) is 0 Å². The molecule has 0 radical (unpaired) electrons. The summed E-state index contributed by atoms with van der Waals surface area (Å²) in [4.78, 5) is 68.5. The van der Waals surface area contributed by atoms with Crippen molar-refractivity contribution in [3.05, 3.63) is 244 Å². The van der Waals surface area contributed by atoms with Crippen LogP contribution in [0, 0.1) is 0 Å². The topological polar surface area (TPSA) is 234 Å². The zero-order chi connectivity index (χ0) is 78.8. The summed E-state index contributed by atoms with van der Waals surface area (Å²) in [5, 5.41) is 10.1. The number of hydrogen-bond donors (Lipinski definition) is 2. The molecule has 0 fully saturated rings. The molecule has 19 nitrogen and oxygen atoms in total. The van der Waals surface area contributed by atoms with Crippen LogP contribution < -0.4 is 0 Å². The van der Waals surface area contributed by atoms with Crippen LogP contribution in [0.25, 0.3) is 84.7 Å². The number of pyridine rings is 6. The van der Waals surface area contributed by atoms with Crippen molar-refractivity contribution in [3.8, 4) is 0 Å². The van der Waals surface area contributed by atoms with Gasteiger partial charge in [0.15, 0.2) is 11.3 Å². The van der Waals surface area contributed by atoms with Crippen LogP contribution in [0.4, 0.5) is 0 Å². The van der Waals surface area contributed by atoms with Crippen molar-refractivity contribution in [2.45, 2.75) is 191 Å². The first kappa shape index (κ1) is 82.4. The average Bonchev–Trinajstić information content (AvgIpc) is 1.75. The number of thiazole rings is 5. The minimum absolute atomic E-state index is 0.0685. The van der Waals surface area contributed by atoms with Gasteiger partial charge in [-0.15, -0.1) is 45.3 Å². The predicted octanol–water partition coefficient (Wildman–Crippen LogP) is 24.1. The first-order valence-corrected chi connectivity index (χ1v) is 41.3. The number of fused-ring (bicyclic) bond motifs is 9. The van der Waals surface area contributed by atoms with E-state index < -0.39 is 0 Å². The molecule has 0 bridgehead atoms. The molecule has 0 aliphatic heterocycles. The van der Waals surface area contributed by atoms with E-state index >= 15 is 0 Å². The van der Waals surface area contributed by atoms with Gasteiger partial charge in [-0.2, -0.15) is 5.10 Å². The monoisotopic (exact) mass is 1560 g/mol. The van der Waals surface area contributed by atoms with Crippen LogP contribution in [0.3, 0.4) is 0 Å². The molecule has 2 N–H and O–H groups in total. The van der Waals surface area contributed by atoms with E-state index in [1.165, 1.54) is 43.8 Å². The molecule has 0 saturated heterocycles. The van der Waals surface area contributed by atoms with Gasteiger partial charge >= 0.3 is 0 Å². The van der Waals surface area contributed by atoms with Crippen LogP contribution in [0.15, 0.2) is 196 Å². The van der Waals surface area contributed by atoms with E-state index in [9.17, 15) is 0 Å². The number of rotatable bonds is 7. The molecule has 0 amide bonds. The first-order valence-electron chi connectivity index (χ1n) is 37.2. The quantitative estimate of drug-likeness (QED) is 0.151. The lowest BCUT2D eigenvalue weighted by atomic mass is 9.96. The second-order valence-electron chi connectivity index (χ2n) is 30.4. The molecule has 0 aliphatic rings. The van der Waals surface area contributed by atoms with E-state index in [0.29, 0.717) is 41.4 Å². The standard InChI is InChI=1S/C11H14N2.C10H13N3.C10H12N2.C10H11NS.C9H11N3.4C9H10N2S/c1-11(2,3)10-12-8-6-4-5-7-9(8)13-10;1-10(2,3)9-12-7-4-5-11-6-8(7)13-9;1-8(2)9-7-12-6-4-3-5-10(12)11-9;1-7(2)10-11-8-5-3-4-6-9(8)12-10;1-7(2)8-6-12-9(11-8)4-3-5-10-12;1-6(2)9-11-7-5-10-4-3-8(7)12-9;1-6(2)9-11-7-3-4-10-5-8(7)12-9;1-6(2)9-11-8-7(12-9)4-3-5-10-8;1-6(2)8-11-7-4-3-5-10-9(7)12-8/h4-7H,1-3H3,(H,12,13);4-6H,1-3H3,(H,12,13);3-8H,1-2H3;2*3-7H,1-2H3;4*3-6H,1-2H3. The van der Waals surface area contributed by atoms with Crippen molar-refractivity contribution in [2.75, 3.05) is 0 Å². The lowest BCUT2D eigenvalue weighted by Crippen LogP contribution is -2.12. The largest absolute Gasteiger partial charge is 0.342 e. The van der Waals surface area contributed by atoms with Gasteiger partial charge in [-0.25, -0.2) is 59.3 Å². The summed E-state index contributed by atoms with van der Waals surface area (Å²) in [6, 6.07) is 40.1. The Balaban J connectivity index is 0.000000132. The normalized spacial score (nSPS) is 11.5. The summed E-state index contributed by atoms with van der Waals surface area (Å²) in [5.41, 5.74) is 13.6. The van der Waals surface area contributed by atoms with Gasteiger partial charge < -0.3 is 14.4 Å². The highest BCUT2D eigenvalue weighted by molar-refractivity contribution is 7.19. The number of nitrogens with one attached hydrogen (secondary N) is 2. The Bertz CT molecular complexity index is 4700. The van der Waals surface area contributed by atoms with Gasteiger partial charge in [0.2, 0.25) is 0 Å². The third kappa shape index (κ3) is 22.8. The minimum Gasteiger partial charge on any atom is -0.342 e. The smallest absolute Gasteiger partial charge is 0.170 e. The Morgan fingerprint density at radius 2 is 0.782 bits per heavy atom. The molecule has 18 rings (SSSR count). The minimum atomic E-state index is 0.0685. The molecule has 0 saturated carbocycles. The maximum atomic E-state index is 4.53. The van der Waals surface area contributed by atoms with E-state index in [-0.39, 0.29) is 10.8 Å². The van der Waals surface area contributed by atoms with E-state index in [0.717, 1.165) is 88.9 Å². The molecule has 110 heavy (non-hydrogen) atoms. The van der Waals surface area contributed by atoms with E-state index in [4.69, 9.17) is 0 Å². The van der Waals surface area contributed by atoms with Crippen molar-refractivity contribution in [2.24, 2.45) is 0 Å².